The lowest BCUT2D eigenvalue weighted by Crippen LogP contribution is -2.17. The van der Waals surface area contributed by atoms with E-state index in [0.717, 1.165) is 25.0 Å². The molecular formula is C13H17ClO3. The third-order valence-corrected chi connectivity index (χ3v) is 3.11. The van der Waals surface area contributed by atoms with Crippen molar-refractivity contribution in [2.24, 2.45) is 0 Å². The first-order chi connectivity index (χ1) is 8.16. The topological polar surface area (TPSA) is 38.7 Å². The second-order valence-electron chi connectivity index (χ2n) is 4.30. The summed E-state index contributed by atoms with van der Waals surface area (Å²) in [5, 5.41) is 10.3. The molecule has 0 radical (unpaired) electrons. The Bertz CT molecular complexity index is 373. The van der Waals surface area contributed by atoms with Gasteiger partial charge < -0.3 is 14.6 Å². The van der Waals surface area contributed by atoms with Gasteiger partial charge in [0.2, 0.25) is 0 Å². The fraction of sp³-hybridized carbons (Fsp3) is 0.538. The van der Waals surface area contributed by atoms with Gasteiger partial charge >= 0.3 is 0 Å². The van der Waals surface area contributed by atoms with Crippen molar-refractivity contribution >= 4 is 11.6 Å². The first kappa shape index (κ1) is 12.7. The van der Waals surface area contributed by atoms with Crippen LogP contribution in [-0.2, 0) is 4.74 Å². The number of hydrogen-bond acceptors (Lipinski definition) is 3. The van der Waals surface area contributed by atoms with Crippen LogP contribution in [0.3, 0.4) is 0 Å². The molecule has 1 aliphatic rings. The van der Waals surface area contributed by atoms with Gasteiger partial charge in [-0.1, -0.05) is 11.6 Å². The maximum absolute atomic E-state index is 9.65. The Morgan fingerprint density at radius 2 is 2.41 bits per heavy atom. The molecule has 0 bridgehead atoms. The van der Waals surface area contributed by atoms with Gasteiger partial charge in [0, 0.05) is 17.2 Å². The second kappa shape index (κ2) is 5.71. The molecule has 0 spiro atoms. The van der Waals surface area contributed by atoms with Crippen LogP contribution in [0.25, 0.3) is 0 Å². The maximum atomic E-state index is 9.65. The number of hydrogen-bond donors (Lipinski definition) is 1. The Morgan fingerprint density at radius 3 is 3.06 bits per heavy atom. The van der Waals surface area contributed by atoms with Crippen molar-refractivity contribution in [1.29, 1.82) is 0 Å². The van der Waals surface area contributed by atoms with E-state index in [1.54, 1.807) is 25.1 Å². The quantitative estimate of drug-likeness (QED) is 0.900. The fourth-order valence-electron chi connectivity index (χ4n) is 1.94. The van der Waals surface area contributed by atoms with Crippen LogP contribution in [0.5, 0.6) is 5.75 Å². The first-order valence-corrected chi connectivity index (χ1v) is 6.26. The highest BCUT2D eigenvalue weighted by molar-refractivity contribution is 6.30. The van der Waals surface area contributed by atoms with Gasteiger partial charge in [-0.05, 0) is 38.0 Å². The summed E-state index contributed by atoms with van der Waals surface area (Å²) in [5.41, 5.74) is 0.718. The molecule has 1 unspecified atom stereocenters. The van der Waals surface area contributed by atoms with Gasteiger partial charge in [-0.3, -0.25) is 0 Å². The molecule has 1 aliphatic heterocycles. The Kier molecular flexibility index (Phi) is 4.26. The lowest BCUT2D eigenvalue weighted by molar-refractivity contribution is 0.0664. The molecule has 1 saturated heterocycles. The molecule has 94 valence electrons. The summed E-state index contributed by atoms with van der Waals surface area (Å²) >= 11 is 5.90. The molecule has 2 rings (SSSR count). The standard InChI is InChI=1S/C13H17ClO3/c1-9(15)12-7-10(14)4-5-13(12)17-8-11-3-2-6-16-11/h4-5,7,9,11,15H,2-3,6,8H2,1H3/t9-,11?/m1/s1. The van der Waals surface area contributed by atoms with Crippen molar-refractivity contribution in [3.63, 3.8) is 0 Å². The number of ether oxygens (including phenoxy) is 2. The second-order valence-corrected chi connectivity index (χ2v) is 4.74. The highest BCUT2D eigenvalue weighted by atomic mass is 35.5. The lowest BCUT2D eigenvalue weighted by atomic mass is 10.1. The molecular weight excluding hydrogens is 240 g/mol. The molecule has 17 heavy (non-hydrogen) atoms. The van der Waals surface area contributed by atoms with Crippen molar-refractivity contribution in [2.75, 3.05) is 13.2 Å². The van der Waals surface area contributed by atoms with Crippen LogP contribution in [0.4, 0.5) is 0 Å². The van der Waals surface area contributed by atoms with Crippen LogP contribution >= 0.6 is 11.6 Å². The van der Waals surface area contributed by atoms with Crippen molar-refractivity contribution in [2.45, 2.75) is 32.0 Å². The van der Waals surface area contributed by atoms with Crippen LogP contribution in [0.15, 0.2) is 18.2 Å². The summed E-state index contributed by atoms with van der Waals surface area (Å²) in [5.74, 6) is 0.680. The van der Waals surface area contributed by atoms with Gasteiger partial charge in [-0.15, -0.1) is 0 Å². The Labute approximate surface area is 106 Å². The van der Waals surface area contributed by atoms with Crippen molar-refractivity contribution < 1.29 is 14.6 Å². The third-order valence-electron chi connectivity index (χ3n) is 2.87. The Balaban J connectivity index is 2.03. The number of benzene rings is 1. The minimum atomic E-state index is -0.590. The smallest absolute Gasteiger partial charge is 0.125 e. The SMILES string of the molecule is C[C@@H](O)c1cc(Cl)ccc1OCC1CCCO1. The van der Waals surface area contributed by atoms with Crippen LogP contribution < -0.4 is 4.74 Å². The summed E-state index contributed by atoms with van der Waals surface area (Å²) < 4.78 is 11.2. The number of aliphatic hydroxyl groups is 1. The highest BCUT2D eigenvalue weighted by Crippen LogP contribution is 2.28. The van der Waals surface area contributed by atoms with Crippen LogP contribution in [0.1, 0.15) is 31.4 Å². The Morgan fingerprint density at radius 1 is 1.59 bits per heavy atom. The van der Waals surface area contributed by atoms with E-state index in [-0.39, 0.29) is 6.10 Å². The van der Waals surface area contributed by atoms with Crippen molar-refractivity contribution in [3.8, 4) is 5.75 Å². The van der Waals surface area contributed by atoms with E-state index in [1.807, 2.05) is 0 Å². The summed E-state index contributed by atoms with van der Waals surface area (Å²) in [6, 6.07) is 5.29. The van der Waals surface area contributed by atoms with E-state index in [9.17, 15) is 5.11 Å². The van der Waals surface area contributed by atoms with E-state index < -0.39 is 6.10 Å². The molecule has 0 aliphatic carbocycles. The van der Waals surface area contributed by atoms with Gasteiger partial charge in [-0.25, -0.2) is 0 Å². The van der Waals surface area contributed by atoms with E-state index in [2.05, 4.69) is 0 Å². The van der Waals surface area contributed by atoms with E-state index in [4.69, 9.17) is 21.1 Å². The van der Waals surface area contributed by atoms with Crippen molar-refractivity contribution in [3.05, 3.63) is 28.8 Å². The molecule has 3 nitrogen and oxygen atoms in total. The molecule has 0 saturated carbocycles. The molecule has 0 aromatic heterocycles. The van der Waals surface area contributed by atoms with E-state index in [1.165, 1.54) is 0 Å². The summed E-state index contributed by atoms with van der Waals surface area (Å²) in [7, 11) is 0. The molecule has 0 amide bonds. The van der Waals surface area contributed by atoms with Gasteiger partial charge in [-0.2, -0.15) is 0 Å². The number of halogens is 1. The monoisotopic (exact) mass is 256 g/mol. The predicted octanol–water partition coefficient (Wildman–Crippen LogP) is 2.95. The van der Waals surface area contributed by atoms with E-state index in [0.29, 0.717) is 17.4 Å². The third kappa shape index (κ3) is 3.35. The molecule has 1 aromatic rings. The summed E-state index contributed by atoms with van der Waals surface area (Å²) in [6.07, 6.45) is 1.72. The zero-order valence-electron chi connectivity index (χ0n) is 9.86. The van der Waals surface area contributed by atoms with Gasteiger partial charge in [0.25, 0.3) is 0 Å². The average molecular weight is 257 g/mol. The van der Waals surface area contributed by atoms with Gasteiger partial charge in [0.05, 0.1) is 12.2 Å². The highest BCUT2D eigenvalue weighted by Gasteiger charge is 2.17. The number of rotatable bonds is 4. The molecule has 1 fully saturated rings. The van der Waals surface area contributed by atoms with E-state index >= 15 is 0 Å². The summed E-state index contributed by atoms with van der Waals surface area (Å²) in [4.78, 5) is 0. The molecule has 2 atom stereocenters. The predicted molar refractivity (Wildman–Crippen MR) is 66.6 cm³/mol. The lowest BCUT2D eigenvalue weighted by Gasteiger charge is -2.16. The molecule has 1 aromatic carbocycles. The Hall–Kier alpha value is -0.770. The van der Waals surface area contributed by atoms with Crippen LogP contribution in [0.2, 0.25) is 5.02 Å². The minimum absolute atomic E-state index is 0.174. The maximum Gasteiger partial charge on any atom is 0.125 e. The minimum Gasteiger partial charge on any atom is -0.490 e. The molecule has 4 heteroatoms. The van der Waals surface area contributed by atoms with Crippen LogP contribution in [0, 0.1) is 0 Å². The normalized spacial score (nSPS) is 21.5. The van der Waals surface area contributed by atoms with Gasteiger partial charge in [0.15, 0.2) is 0 Å². The largest absolute Gasteiger partial charge is 0.490 e. The zero-order valence-corrected chi connectivity index (χ0v) is 10.6. The summed E-state index contributed by atoms with van der Waals surface area (Å²) in [6.45, 7) is 3.05. The number of aliphatic hydroxyl groups excluding tert-OH is 1. The molecule has 1 N–H and O–H groups in total. The van der Waals surface area contributed by atoms with Crippen molar-refractivity contribution in [1.82, 2.24) is 0 Å². The van der Waals surface area contributed by atoms with Crippen LogP contribution in [-0.4, -0.2) is 24.4 Å². The first-order valence-electron chi connectivity index (χ1n) is 5.88. The fourth-order valence-corrected chi connectivity index (χ4v) is 2.12. The molecule has 1 heterocycles. The zero-order chi connectivity index (χ0) is 12.3. The van der Waals surface area contributed by atoms with Gasteiger partial charge in [0.1, 0.15) is 12.4 Å². The average Bonchev–Trinajstić information content (AvgIpc) is 2.80.